The number of phenols is 1. The van der Waals surface area contributed by atoms with Crippen molar-refractivity contribution in [3.8, 4) is 5.75 Å². The first-order chi connectivity index (χ1) is 10.1. The van der Waals surface area contributed by atoms with Gasteiger partial charge >= 0.3 is 0 Å². The molecule has 0 saturated carbocycles. The third kappa shape index (κ3) is 2.92. The van der Waals surface area contributed by atoms with Crippen LogP contribution in [0.2, 0.25) is 0 Å². The molecule has 1 amide bonds. The Morgan fingerprint density at radius 2 is 1.86 bits per heavy atom. The van der Waals surface area contributed by atoms with Crippen molar-refractivity contribution in [1.29, 1.82) is 0 Å². The quantitative estimate of drug-likeness (QED) is 0.894. The summed E-state index contributed by atoms with van der Waals surface area (Å²) in [5.41, 5.74) is 2.56. The molecule has 1 saturated heterocycles. The van der Waals surface area contributed by atoms with Crippen molar-refractivity contribution in [2.75, 3.05) is 0 Å². The summed E-state index contributed by atoms with van der Waals surface area (Å²) in [6.07, 6.45) is 0. The molecule has 1 unspecified atom stereocenters. The molecule has 0 radical (unpaired) electrons. The third-order valence-corrected chi connectivity index (χ3v) is 4.30. The van der Waals surface area contributed by atoms with E-state index in [2.05, 4.69) is 10.3 Å². The molecular formula is C16H14N2O2S. The van der Waals surface area contributed by atoms with Gasteiger partial charge in [0.1, 0.15) is 11.0 Å². The summed E-state index contributed by atoms with van der Waals surface area (Å²) in [6.45, 7) is 2.01. The van der Waals surface area contributed by atoms with Crippen molar-refractivity contribution in [3.63, 3.8) is 0 Å². The molecule has 2 N–H and O–H groups in total. The number of rotatable bonds is 2. The standard InChI is InChI=1S/C16H14N2O2S/c1-10-6-8-11(9-7-10)17-16-18-15(20)14(21-16)12-4-2-3-5-13(12)19/h2-9,14,19H,1H3,(H,17,18,20). The minimum Gasteiger partial charge on any atom is -0.508 e. The highest BCUT2D eigenvalue weighted by atomic mass is 32.2. The van der Waals surface area contributed by atoms with Crippen LogP contribution in [0.15, 0.2) is 53.5 Å². The molecule has 0 bridgehead atoms. The highest BCUT2D eigenvalue weighted by Crippen LogP contribution is 2.39. The summed E-state index contributed by atoms with van der Waals surface area (Å²) >= 11 is 1.31. The van der Waals surface area contributed by atoms with E-state index in [0.29, 0.717) is 10.7 Å². The fourth-order valence-electron chi connectivity index (χ4n) is 2.07. The molecule has 0 spiro atoms. The first-order valence-corrected chi connectivity index (χ1v) is 7.42. The SMILES string of the molecule is Cc1ccc(N=C2NC(=O)C(c3ccccc3O)S2)cc1. The number of aliphatic imine (C=N–C) groups is 1. The average Bonchev–Trinajstić information content (AvgIpc) is 2.83. The van der Waals surface area contributed by atoms with Gasteiger partial charge in [-0.25, -0.2) is 4.99 Å². The summed E-state index contributed by atoms with van der Waals surface area (Å²) in [5, 5.41) is 12.7. The Balaban J connectivity index is 1.85. The maximum atomic E-state index is 12.1. The van der Waals surface area contributed by atoms with Gasteiger partial charge in [0, 0.05) is 5.56 Å². The molecule has 0 aromatic heterocycles. The van der Waals surface area contributed by atoms with Crippen LogP contribution in [0, 0.1) is 6.92 Å². The largest absolute Gasteiger partial charge is 0.508 e. The molecule has 1 aliphatic heterocycles. The molecule has 1 aliphatic rings. The Morgan fingerprint density at radius 3 is 2.57 bits per heavy atom. The Hall–Kier alpha value is -2.27. The van der Waals surface area contributed by atoms with Crippen LogP contribution in [-0.4, -0.2) is 16.2 Å². The number of carbonyl (C=O) groups is 1. The molecule has 5 heteroatoms. The van der Waals surface area contributed by atoms with E-state index >= 15 is 0 Å². The maximum absolute atomic E-state index is 12.1. The second-order valence-electron chi connectivity index (χ2n) is 4.80. The highest BCUT2D eigenvalue weighted by molar-refractivity contribution is 8.15. The first kappa shape index (κ1) is 13.7. The second kappa shape index (κ2) is 5.61. The van der Waals surface area contributed by atoms with Crippen molar-refractivity contribution in [3.05, 3.63) is 59.7 Å². The fraction of sp³-hybridized carbons (Fsp3) is 0.125. The first-order valence-electron chi connectivity index (χ1n) is 6.54. The number of para-hydroxylation sites is 1. The Bertz CT molecular complexity index is 710. The van der Waals surface area contributed by atoms with E-state index in [1.807, 2.05) is 31.2 Å². The fourth-order valence-corrected chi connectivity index (χ4v) is 3.10. The molecule has 21 heavy (non-hydrogen) atoms. The van der Waals surface area contributed by atoms with Gasteiger partial charge in [-0.2, -0.15) is 0 Å². The Morgan fingerprint density at radius 1 is 1.14 bits per heavy atom. The van der Waals surface area contributed by atoms with Gasteiger partial charge in [0.15, 0.2) is 5.17 Å². The monoisotopic (exact) mass is 298 g/mol. The lowest BCUT2D eigenvalue weighted by atomic mass is 10.1. The van der Waals surface area contributed by atoms with Crippen molar-refractivity contribution >= 4 is 28.5 Å². The van der Waals surface area contributed by atoms with Crippen LogP contribution in [0.4, 0.5) is 5.69 Å². The van der Waals surface area contributed by atoms with E-state index < -0.39 is 5.25 Å². The van der Waals surface area contributed by atoms with Crippen LogP contribution in [0.25, 0.3) is 0 Å². The van der Waals surface area contributed by atoms with Crippen LogP contribution in [-0.2, 0) is 4.79 Å². The lowest BCUT2D eigenvalue weighted by Crippen LogP contribution is -2.21. The molecule has 3 rings (SSSR count). The smallest absolute Gasteiger partial charge is 0.244 e. The molecule has 1 heterocycles. The average molecular weight is 298 g/mol. The summed E-state index contributed by atoms with van der Waals surface area (Å²) in [6, 6.07) is 14.6. The molecule has 4 nitrogen and oxygen atoms in total. The van der Waals surface area contributed by atoms with E-state index in [9.17, 15) is 9.90 Å². The van der Waals surface area contributed by atoms with Gasteiger partial charge in [-0.15, -0.1) is 0 Å². The number of aromatic hydroxyl groups is 1. The third-order valence-electron chi connectivity index (χ3n) is 3.18. The zero-order valence-electron chi connectivity index (χ0n) is 11.4. The number of hydrogen-bond acceptors (Lipinski definition) is 4. The van der Waals surface area contributed by atoms with Crippen LogP contribution in [0.5, 0.6) is 5.75 Å². The Labute approximate surface area is 126 Å². The number of nitrogens with one attached hydrogen (secondary N) is 1. The molecular weight excluding hydrogens is 284 g/mol. The number of aryl methyl sites for hydroxylation is 1. The molecule has 0 aliphatic carbocycles. The molecule has 1 atom stereocenters. The van der Waals surface area contributed by atoms with Crippen LogP contribution in [0.1, 0.15) is 16.4 Å². The van der Waals surface area contributed by atoms with Gasteiger partial charge in [-0.1, -0.05) is 47.7 Å². The van der Waals surface area contributed by atoms with Gasteiger partial charge < -0.3 is 10.4 Å². The van der Waals surface area contributed by atoms with Crippen LogP contribution in [0.3, 0.4) is 0 Å². The van der Waals surface area contributed by atoms with Crippen LogP contribution < -0.4 is 5.32 Å². The lowest BCUT2D eigenvalue weighted by Gasteiger charge is -2.07. The van der Waals surface area contributed by atoms with Crippen LogP contribution >= 0.6 is 11.8 Å². The number of hydrogen-bond donors (Lipinski definition) is 2. The number of thioether (sulfide) groups is 1. The molecule has 2 aromatic carbocycles. The minimum atomic E-state index is -0.463. The van der Waals surface area contributed by atoms with E-state index in [0.717, 1.165) is 11.3 Å². The van der Waals surface area contributed by atoms with Crippen molar-refractivity contribution in [2.45, 2.75) is 12.2 Å². The van der Waals surface area contributed by atoms with E-state index in [4.69, 9.17) is 0 Å². The van der Waals surface area contributed by atoms with Gasteiger partial charge in [0.05, 0.1) is 5.69 Å². The molecule has 106 valence electrons. The number of benzene rings is 2. The summed E-state index contributed by atoms with van der Waals surface area (Å²) < 4.78 is 0. The van der Waals surface area contributed by atoms with E-state index in [1.54, 1.807) is 24.3 Å². The van der Waals surface area contributed by atoms with Gasteiger partial charge in [0.2, 0.25) is 5.91 Å². The van der Waals surface area contributed by atoms with Gasteiger partial charge in [-0.05, 0) is 25.1 Å². The van der Waals surface area contributed by atoms with E-state index in [1.165, 1.54) is 11.8 Å². The number of phenolic OH excluding ortho intramolecular Hbond substituents is 1. The number of nitrogens with zero attached hydrogens (tertiary/aromatic N) is 1. The van der Waals surface area contributed by atoms with E-state index in [-0.39, 0.29) is 11.7 Å². The predicted molar refractivity (Wildman–Crippen MR) is 84.9 cm³/mol. The topological polar surface area (TPSA) is 61.7 Å². The normalized spacial score (nSPS) is 19.8. The summed E-state index contributed by atoms with van der Waals surface area (Å²) in [4.78, 5) is 16.5. The van der Waals surface area contributed by atoms with Crippen molar-refractivity contribution in [2.24, 2.45) is 4.99 Å². The predicted octanol–water partition coefficient (Wildman–Crippen LogP) is 3.29. The van der Waals surface area contributed by atoms with Crippen molar-refractivity contribution < 1.29 is 9.90 Å². The number of carbonyl (C=O) groups excluding carboxylic acids is 1. The zero-order chi connectivity index (χ0) is 14.8. The zero-order valence-corrected chi connectivity index (χ0v) is 12.2. The molecule has 2 aromatic rings. The Kier molecular flexibility index (Phi) is 3.66. The maximum Gasteiger partial charge on any atom is 0.244 e. The summed E-state index contributed by atoms with van der Waals surface area (Å²) in [7, 11) is 0. The number of amides is 1. The minimum absolute atomic E-state index is 0.127. The van der Waals surface area contributed by atoms with Gasteiger partial charge in [-0.3, -0.25) is 4.79 Å². The van der Waals surface area contributed by atoms with Gasteiger partial charge in [0.25, 0.3) is 0 Å². The van der Waals surface area contributed by atoms with Crippen molar-refractivity contribution in [1.82, 2.24) is 5.32 Å². The highest BCUT2D eigenvalue weighted by Gasteiger charge is 2.33. The number of amidine groups is 1. The molecule has 1 fully saturated rings. The summed E-state index contributed by atoms with van der Waals surface area (Å²) in [5.74, 6) is -0.0332. The lowest BCUT2D eigenvalue weighted by molar-refractivity contribution is -0.118. The second-order valence-corrected chi connectivity index (χ2v) is 5.89.